The first-order valence-corrected chi connectivity index (χ1v) is 4.19. The van der Waals surface area contributed by atoms with Gasteiger partial charge in [0, 0.05) is 11.2 Å². The number of aromatic nitrogens is 1. The topological polar surface area (TPSA) is 39.2 Å². The maximum absolute atomic E-state index is 10.9. The Bertz CT molecular complexity index is 325. The lowest BCUT2D eigenvalue weighted by Crippen LogP contribution is -2.07. The largest absolute Gasteiger partial charge is 0.469 e. The van der Waals surface area contributed by atoms with Gasteiger partial charge in [-0.2, -0.15) is 0 Å². The number of carbonyl (C=O) groups excluding carboxylic acids is 1. The lowest BCUT2D eigenvalue weighted by Gasteiger charge is -2.04. The molecule has 0 N–H and O–H groups in total. The number of pyridine rings is 1. The summed E-state index contributed by atoms with van der Waals surface area (Å²) in [6.07, 6.45) is 1.75. The molecule has 70 valence electrons. The highest BCUT2D eigenvalue weighted by Crippen LogP contribution is 2.16. The molecular formula is C9H10ClNO2. The average Bonchev–Trinajstić information content (AvgIpc) is 2.13. The van der Waals surface area contributed by atoms with Crippen molar-refractivity contribution < 1.29 is 9.53 Å². The molecule has 0 aliphatic rings. The van der Waals surface area contributed by atoms with Crippen LogP contribution in [0.4, 0.5) is 0 Å². The fourth-order valence-electron chi connectivity index (χ4n) is 0.939. The number of halogens is 1. The number of ether oxygens (including phenoxy) is 1. The summed E-state index contributed by atoms with van der Waals surface area (Å²) in [6, 6.07) is 1.69. The molecule has 4 heteroatoms. The predicted octanol–water partition coefficient (Wildman–Crippen LogP) is 1.76. The van der Waals surface area contributed by atoms with E-state index in [1.54, 1.807) is 12.3 Å². The molecule has 0 saturated carbocycles. The van der Waals surface area contributed by atoms with E-state index in [0.29, 0.717) is 10.7 Å². The van der Waals surface area contributed by atoms with Gasteiger partial charge in [-0.1, -0.05) is 11.6 Å². The van der Waals surface area contributed by atoms with E-state index in [1.807, 2.05) is 6.92 Å². The van der Waals surface area contributed by atoms with Crippen molar-refractivity contribution in [1.29, 1.82) is 0 Å². The van der Waals surface area contributed by atoms with Gasteiger partial charge in [0.1, 0.15) is 0 Å². The van der Waals surface area contributed by atoms with Crippen LogP contribution in [0.2, 0.25) is 5.02 Å². The highest BCUT2D eigenvalue weighted by molar-refractivity contribution is 6.31. The molecule has 0 atom stereocenters. The number of nitrogens with zero attached hydrogens (tertiary/aromatic N) is 1. The van der Waals surface area contributed by atoms with E-state index in [1.165, 1.54) is 7.11 Å². The predicted molar refractivity (Wildman–Crippen MR) is 49.7 cm³/mol. The van der Waals surface area contributed by atoms with Crippen LogP contribution in [-0.2, 0) is 16.0 Å². The van der Waals surface area contributed by atoms with Gasteiger partial charge in [-0.25, -0.2) is 0 Å². The number of carbonyl (C=O) groups is 1. The highest BCUT2D eigenvalue weighted by atomic mass is 35.5. The third-order valence-corrected chi connectivity index (χ3v) is 2.19. The normalized spacial score (nSPS) is 9.77. The molecule has 0 saturated heterocycles. The van der Waals surface area contributed by atoms with Crippen molar-refractivity contribution in [1.82, 2.24) is 4.98 Å². The molecule has 0 fully saturated rings. The summed E-state index contributed by atoms with van der Waals surface area (Å²) in [6.45, 7) is 1.83. The van der Waals surface area contributed by atoms with E-state index in [4.69, 9.17) is 11.6 Å². The van der Waals surface area contributed by atoms with Crippen LogP contribution in [0.5, 0.6) is 0 Å². The zero-order valence-corrected chi connectivity index (χ0v) is 8.26. The molecule has 1 aromatic heterocycles. The van der Waals surface area contributed by atoms with Crippen LogP contribution in [0.1, 0.15) is 11.3 Å². The number of rotatable bonds is 2. The fourth-order valence-corrected chi connectivity index (χ4v) is 1.10. The number of hydrogen-bond acceptors (Lipinski definition) is 3. The molecule has 1 rings (SSSR count). The van der Waals surface area contributed by atoms with Gasteiger partial charge < -0.3 is 4.74 Å². The molecule has 13 heavy (non-hydrogen) atoms. The Morgan fingerprint density at radius 3 is 3.00 bits per heavy atom. The number of methoxy groups -OCH3 is 1. The lowest BCUT2D eigenvalue weighted by molar-refractivity contribution is -0.139. The van der Waals surface area contributed by atoms with E-state index in [2.05, 4.69) is 9.72 Å². The van der Waals surface area contributed by atoms with Crippen LogP contribution in [0.3, 0.4) is 0 Å². The molecule has 0 bridgehead atoms. The van der Waals surface area contributed by atoms with Crippen LogP contribution in [0.15, 0.2) is 12.3 Å². The Hall–Kier alpha value is -1.09. The maximum atomic E-state index is 10.9. The minimum absolute atomic E-state index is 0.170. The molecule has 0 amide bonds. The second kappa shape index (κ2) is 4.23. The molecule has 0 unspecified atom stereocenters. The molecule has 0 spiro atoms. The smallest absolute Gasteiger partial charge is 0.311 e. The second-order valence-electron chi connectivity index (χ2n) is 2.62. The highest BCUT2D eigenvalue weighted by Gasteiger charge is 2.08. The lowest BCUT2D eigenvalue weighted by atomic mass is 10.2. The van der Waals surface area contributed by atoms with Gasteiger partial charge in [-0.3, -0.25) is 9.78 Å². The van der Waals surface area contributed by atoms with Crippen molar-refractivity contribution in [3.63, 3.8) is 0 Å². The van der Waals surface area contributed by atoms with Gasteiger partial charge in [-0.05, 0) is 18.6 Å². The molecule has 0 aliphatic heterocycles. The van der Waals surface area contributed by atoms with Crippen molar-refractivity contribution in [2.45, 2.75) is 13.3 Å². The number of hydrogen-bond donors (Lipinski definition) is 0. The van der Waals surface area contributed by atoms with Gasteiger partial charge >= 0.3 is 5.97 Å². The summed E-state index contributed by atoms with van der Waals surface area (Å²) in [5.74, 6) is -0.308. The van der Waals surface area contributed by atoms with Crippen LogP contribution in [-0.4, -0.2) is 18.1 Å². The zero-order valence-electron chi connectivity index (χ0n) is 7.50. The summed E-state index contributed by atoms with van der Waals surface area (Å²) < 4.78 is 4.53. The molecule has 0 aliphatic carbocycles. The number of esters is 1. The summed E-state index contributed by atoms with van der Waals surface area (Å²) in [5.41, 5.74) is 1.49. The quantitative estimate of drug-likeness (QED) is 0.682. The van der Waals surface area contributed by atoms with Crippen LogP contribution < -0.4 is 0 Å². The second-order valence-corrected chi connectivity index (χ2v) is 3.02. The first-order valence-electron chi connectivity index (χ1n) is 3.82. The Labute approximate surface area is 81.7 Å². The average molecular weight is 200 g/mol. The van der Waals surface area contributed by atoms with Gasteiger partial charge in [0.25, 0.3) is 0 Å². The van der Waals surface area contributed by atoms with Crippen molar-refractivity contribution in [2.75, 3.05) is 7.11 Å². The van der Waals surface area contributed by atoms with E-state index in [0.717, 1.165) is 5.56 Å². The summed E-state index contributed by atoms with van der Waals surface area (Å²) in [7, 11) is 1.35. The Kier molecular flexibility index (Phi) is 3.25. The fraction of sp³-hybridized carbons (Fsp3) is 0.333. The minimum Gasteiger partial charge on any atom is -0.469 e. The maximum Gasteiger partial charge on any atom is 0.311 e. The SMILES string of the molecule is COC(=O)Cc1nccc(Cl)c1C. The van der Waals surface area contributed by atoms with Crippen LogP contribution >= 0.6 is 11.6 Å². The van der Waals surface area contributed by atoms with Crippen molar-refractivity contribution in [3.05, 3.63) is 28.5 Å². The zero-order chi connectivity index (χ0) is 9.84. The van der Waals surface area contributed by atoms with Crippen LogP contribution in [0.25, 0.3) is 0 Å². The summed E-state index contributed by atoms with van der Waals surface area (Å²) >= 11 is 5.85. The molecule has 0 radical (unpaired) electrons. The standard InChI is InChI=1S/C9H10ClNO2/c1-6-7(10)3-4-11-8(6)5-9(12)13-2/h3-4H,5H2,1-2H3. The van der Waals surface area contributed by atoms with E-state index >= 15 is 0 Å². The molecule has 0 aromatic carbocycles. The van der Waals surface area contributed by atoms with Crippen molar-refractivity contribution in [2.24, 2.45) is 0 Å². The Morgan fingerprint density at radius 1 is 1.69 bits per heavy atom. The van der Waals surface area contributed by atoms with E-state index in [9.17, 15) is 4.79 Å². The van der Waals surface area contributed by atoms with E-state index < -0.39 is 0 Å². The van der Waals surface area contributed by atoms with Gasteiger partial charge in [0.15, 0.2) is 0 Å². The molecule has 1 aromatic rings. The van der Waals surface area contributed by atoms with Crippen LogP contribution in [0, 0.1) is 6.92 Å². The monoisotopic (exact) mass is 199 g/mol. The first kappa shape index (κ1) is 9.99. The summed E-state index contributed by atoms with van der Waals surface area (Å²) in [4.78, 5) is 15.0. The molecule has 1 heterocycles. The van der Waals surface area contributed by atoms with Crippen molar-refractivity contribution >= 4 is 17.6 Å². The third kappa shape index (κ3) is 2.42. The van der Waals surface area contributed by atoms with Gasteiger partial charge in [-0.15, -0.1) is 0 Å². The third-order valence-electron chi connectivity index (χ3n) is 1.78. The Morgan fingerprint density at radius 2 is 2.38 bits per heavy atom. The van der Waals surface area contributed by atoms with Crippen molar-refractivity contribution in [3.8, 4) is 0 Å². The van der Waals surface area contributed by atoms with Gasteiger partial charge in [0.05, 0.1) is 19.2 Å². The Balaban J connectivity index is 2.89. The molecule has 3 nitrogen and oxygen atoms in total. The first-order chi connectivity index (χ1) is 6.15. The molecular weight excluding hydrogens is 190 g/mol. The van der Waals surface area contributed by atoms with E-state index in [-0.39, 0.29) is 12.4 Å². The minimum atomic E-state index is -0.308. The van der Waals surface area contributed by atoms with Gasteiger partial charge in [0.2, 0.25) is 0 Å². The summed E-state index contributed by atoms with van der Waals surface area (Å²) in [5, 5.41) is 0.619.